The van der Waals surface area contributed by atoms with Crippen LogP contribution in [0.25, 0.3) is 10.9 Å². The van der Waals surface area contributed by atoms with Crippen LogP contribution < -0.4 is 14.8 Å². The standard InChI is InChI=1S/C17H17N3O3/c1-10-4-5-12(7-14(10)21)19-17-18-9-11-6-15(22-2)16(23-3)8-13(11)20-17/h4-9,21H,1-3H3,(H,18,19,20). The molecule has 3 rings (SSSR count). The molecular formula is C17H17N3O3. The van der Waals surface area contributed by atoms with Crippen LogP contribution >= 0.6 is 0 Å². The molecule has 0 fully saturated rings. The number of ether oxygens (including phenoxy) is 2. The monoisotopic (exact) mass is 311 g/mol. The summed E-state index contributed by atoms with van der Waals surface area (Å²) in [5.74, 6) is 1.90. The summed E-state index contributed by atoms with van der Waals surface area (Å²) in [4.78, 5) is 8.75. The molecule has 0 aliphatic heterocycles. The second kappa shape index (κ2) is 6.00. The van der Waals surface area contributed by atoms with E-state index in [0.29, 0.717) is 23.1 Å². The van der Waals surface area contributed by atoms with Crippen molar-refractivity contribution in [2.24, 2.45) is 0 Å². The lowest BCUT2D eigenvalue weighted by Gasteiger charge is -2.10. The third-order valence-corrected chi connectivity index (χ3v) is 3.55. The normalized spacial score (nSPS) is 10.6. The Hall–Kier alpha value is -3.02. The van der Waals surface area contributed by atoms with Gasteiger partial charge in [-0.05, 0) is 24.6 Å². The van der Waals surface area contributed by atoms with E-state index in [1.165, 1.54) is 0 Å². The van der Waals surface area contributed by atoms with Crippen molar-refractivity contribution < 1.29 is 14.6 Å². The van der Waals surface area contributed by atoms with Crippen molar-refractivity contribution in [1.82, 2.24) is 9.97 Å². The highest BCUT2D eigenvalue weighted by atomic mass is 16.5. The number of phenolic OH excluding ortho intramolecular Hbond substituents is 1. The van der Waals surface area contributed by atoms with Crippen LogP contribution in [-0.2, 0) is 0 Å². The summed E-state index contributed by atoms with van der Waals surface area (Å²) in [6, 6.07) is 8.95. The Bertz CT molecular complexity index is 865. The van der Waals surface area contributed by atoms with Crippen molar-refractivity contribution in [2.75, 3.05) is 19.5 Å². The van der Waals surface area contributed by atoms with Gasteiger partial charge in [0, 0.05) is 29.4 Å². The Morgan fingerprint density at radius 3 is 2.48 bits per heavy atom. The maximum atomic E-state index is 9.76. The summed E-state index contributed by atoms with van der Waals surface area (Å²) >= 11 is 0. The highest BCUT2D eigenvalue weighted by Gasteiger charge is 2.08. The Morgan fingerprint density at radius 2 is 1.78 bits per heavy atom. The molecule has 1 heterocycles. The second-order valence-corrected chi connectivity index (χ2v) is 5.09. The van der Waals surface area contributed by atoms with Crippen LogP contribution in [0, 0.1) is 6.92 Å². The molecule has 1 aromatic heterocycles. The van der Waals surface area contributed by atoms with Gasteiger partial charge in [-0.3, -0.25) is 0 Å². The van der Waals surface area contributed by atoms with Gasteiger partial charge in [0.15, 0.2) is 11.5 Å². The van der Waals surface area contributed by atoms with Crippen LogP contribution in [0.5, 0.6) is 17.2 Å². The number of benzene rings is 2. The van der Waals surface area contributed by atoms with Crippen molar-refractivity contribution in [2.45, 2.75) is 6.92 Å². The summed E-state index contributed by atoms with van der Waals surface area (Å²) in [5.41, 5.74) is 2.26. The zero-order chi connectivity index (χ0) is 16.4. The molecule has 0 atom stereocenters. The number of hydrogen-bond donors (Lipinski definition) is 2. The van der Waals surface area contributed by atoms with Crippen LogP contribution in [0.3, 0.4) is 0 Å². The molecule has 2 N–H and O–H groups in total. The van der Waals surface area contributed by atoms with Gasteiger partial charge in [0.05, 0.1) is 19.7 Å². The zero-order valence-corrected chi connectivity index (χ0v) is 13.1. The lowest BCUT2D eigenvalue weighted by molar-refractivity contribution is 0.356. The van der Waals surface area contributed by atoms with E-state index in [-0.39, 0.29) is 5.75 Å². The molecule has 0 amide bonds. The van der Waals surface area contributed by atoms with Crippen molar-refractivity contribution in [3.8, 4) is 17.2 Å². The summed E-state index contributed by atoms with van der Waals surface area (Å²) < 4.78 is 10.6. The SMILES string of the molecule is COc1cc2cnc(Nc3ccc(C)c(O)c3)nc2cc1OC. The molecule has 0 saturated carbocycles. The molecule has 23 heavy (non-hydrogen) atoms. The van der Waals surface area contributed by atoms with Gasteiger partial charge in [-0.2, -0.15) is 0 Å². The molecule has 3 aromatic rings. The van der Waals surface area contributed by atoms with Crippen molar-refractivity contribution in [3.63, 3.8) is 0 Å². The van der Waals surface area contributed by atoms with E-state index in [4.69, 9.17) is 9.47 Å². The highest BCUT2D eigenvalue weighted by Crippen LogP contribution is 2.31. The number of rotatable bonds is 4. The zero-order valence-electron chi connectivity index (χ0n) is 13.1. The molecule has 0 radical (unpaired) electrons. The lowest BCUT2D eigenvalue weighted by Crippen LogP contribution is -1.98. The Morgan fingerprint density at radius 1 is 1.04 bits per heavy atom. The fourth-order valence-corrected chi connectivity index (χ4v) is 2.23. The number of anilines is 2. The number of phenols is 1. The minimum absolute atomic E-state index is 0.224. The molecule has 118 valence electrons. The van der Waals surface area contributed by atoms with Gasteiger partial charge < -0.3 is 19.9 Å². The topological polar surface area (TPSA) is 76.5 Å². The number of nitrogens with zero attached hydrogens (tertiary/aromatic N) is 2. The molecule has 0 aliphatic carbocycles. The molecule has 0 aliphatic rings. The number of aromatic nitrogens is 2. The molecule has 0 bridgehead atoms. The van der Waals surface area contributed by atoms with Crippen molar-refractivity contribution in [1.29, 1.82) is 0 Å². The van der Waals surface area contributed by atoms with E-state index in [9.17, 15) is 5.11 Å². The van der Waals surface area contributed by atoms with Gasteiger partial charge in [0.2, 0.25) is 5.95 Å². The summed E-state index contributed by atoms with van der Waals surface area (Å²) in [7, 11) is 3.17. The van der Waals surface area contributed by atoms with Gasteiger partial charge in [0.1, 0.15) is 5.75 Å². The van der Waals surface area contributed by atoms with Gasteiger partial charge in [0.25, 0.3) is 0 Å². The molecular weight excluding hydrogens is 294 g/mol. The first kappa shape index (κ1) is 14.9. The number of aromatic hydroxyl groups is 1. The van der Waals surface area contributed by atoms with Gasteiger partial charge in [-0.25, -0.2) is 9.97 Å². The Labute approximate surface area is 133 Å². The van der Waals surface area contributed by atoms with Gasteiger partial charge >= 0.3 is 0 Å². The predicted octanol–water partition coefficient (Wildman–Crippen LogP) is 3.40. The lowest BCUT2D eigenvalue weighted by atomic mass is 10.2. The first-order chi connectivity index (χ1) is 11.1. The van der Waals surface area contributed by atoms with Crippen LogP contribution in [0.4, 0.5) is 11.6 Å². The van der Waals surface area contributed by atoms with Gasteiger partial charge in [-0.15, -0.1) is 0 Å². The summed E-state index contributed by atoms with van der Waals surface area (Å²) in [6.07, 6.45) is 1.71. The third-order valence-electron chi connectivity index (χ3n) is 3.55. The van der Waals surface area contributed by atoms with Crippen LogP contribution in [0.15, 0.2) is 36.5 Å². The number of methoxy groups -OCH3 is 2. The quantitative estimate of drug-likeness (QED) is 0.769. The number of hydrogen-bond acceptors (Lipinski definition) is 6. The molecule has 6 nitrogen and oxygen atoms in total. The van der Waals surface area contributed by atoms with E-state index in [0.717, 1.165) is 16.5 Å². The minimum Gasteiger partial charge on any atom is -0.508 e. The third kappa shape index (κ3) is 2.96. The fraction of sp³-hybridized carbons (Fsp3) is 0.176. The maximum Gasteiger partial charge on any atom is 0.227 e. The fourth-order valence-electron chi connectivity index (χ4n) is 2.23. The smallest absolute Gasteiger partial charge is 0.227 e. The Balaban J connectivity index is 1.97. The van der Waals surface area contributed by atoms with E-state index in [2.05, 4.69) is 15.3 Å². The summed E-state index contributed by atoms with van der Waals surface area (Å²) in [5, 5.41) is 13.7. The largest absolute Gasteiger partial charge is 0.508 e. The first-order valence-corrected chi connectivity index (χ1v) is 7.06. The average Bonchev–Trinajstić information content (AvgIpc) is 2.56. The average molecular weight is 311 g/mol. The first-order valence-electron chi connectivity index (χ1n) is 7.06. The van der Waals surface area contributed by atoms with Crippen LogP contribution in [0.1, 0.15) is 5.56 Å². The van der Waals surface area contributed by atoms with Gasteiger partial charge in [-0.1, -0.05) is 6.07 Å². The molecule has 6 heteroatoms. The van der Waals surface area contributed by atoms with E-state index < -0.39 is 0 Å². The summed E-state index contributed by atoms with van der Waals surface area (Å²) in [6.45, 7) is 1.84. The van der Waals surface area contributed by atoms with Crippen molar-refractivity contribution >= 4 is 22.5 Å². The number of fused-ring (bicyclic) bond motifs is 1. The number of aryl methyl sites for hydroxylation is 1. The minimum atomic E-state index is 0.224. The second-order valence-electron chi connectivity index (χ2n) is 5.09. The molecule has 2 aromatic carbocycles. The molecule has 0 saturated heterocycles. The van der Waals surface area contributed by atoms with Crippen LogP contribution in [0.2, 0.25) is 0 Å². The van der Waals surface area contributed by atoms with E-state index >= 15 is 0 Å². The number of nitrogens with one attached hydrogen (secondary N) is 1. The predicted molar refractivity (Wildman–Crippen MR) is 88.8 cm³/mol. The molecule has 0 unspecified atom stereocenters. The van der Waals surface area contributed by atoms with Crippen molar-refractivity contribution in [3.05, 3.63) is 42.1 Å². The highest BCUT2D eigenvalue weighted by molar-refractivity contribution is 5.83. The van der Waals surface area contributed by atoms with E-state index in [1.807, 2.05) is 25.1 Å². The van der Waals surface area contributed by atoms with Crippen LogP contribution in [-0.4, -0.2) is 29.3 Å². The molecule has 0 spiro atoms. The van der Waals surface area contributed by atoms with E-state index in [1.54, 1.807) is 32.5 Å². The maximum absolute atomic E-state index is 9.76. The Kier molecular flexibility index (Phi) is 3.89.